The van der Waals surface area contributed by atoms with Crippen LogP contribution in [-0.4, -0.2) is 40.3 Å². The summed E-state index contributed by atoms with van der Waals surface area (Å²) in [6, 6.07) is 0. The van der Waals surface area contributed by atoms with Gasteiger partial charge < -0.3 is 9.88 Å². The molecular weight excluding hydrogens is 305 g/mol. The van der Waals surface area contributed by atoms with Crippen LogP contribution < -0.4 is 0 Å². The average molecular weight is 315 g/mol. The summed E-state index contributed by atoms with van der Waals surface area (Å²) < 4.78 is 1.08. The Hall–Kier alpha value is -1.18. The predicted molar refractivity (Wildman–Crippen MR) is 68.4 cm³/mol. The van der Waals surface area contributed by atoms with E-state index in [9.17, 15) is 0 Å². The van der Waals surface area contributed by atoms with Crippen LogP contribution in [0.25, 0.3) is 11.0 Å². The second kappa shape index (κ2) is 4.13. The van der Waals surface area contributed by atoms with E-state index in [4.69, 9.17) is 0 Å². The van der Waals surface area contributed by atoms with E-state index in [0.29, 0.717) is 5.95 Å². The third kappa shape index (κ3) is 2.25. The summed E-state index contributed by atoms with van der Waals surface area (Å²) in [4.78, 5) is 17.5. The summed E-state index contributed by atoms with van der Waals surface area (Å²) in [6.07, 6.45) is 5.33. The normalized spacial score (nSPS) is 11.4. The lowest BCUT2D eigenvalue weighted by Gasteiger charge is -2.01. The standard InChI is InChI=1S/C9H10IN5/c1-15(2)5-13-9-12-4-7-8(14-9)6(10)3-11-7/h3-5,11H,1-2H3/b13-5-. The first kappa shape index (κ1) is 10.3. The van der Waals surface area contributed by atoms with Gasteiger partial charge in [-0.15, -0.1) is 0 Å². The van der Waals surface area contributed by atoms with E-state index in [1.807, 2.05) is 25.2 Å². The average Bonchev–Trinajstić information content (AvgIpc) is 2.57. The van der Waals surface area contributed by atoms with Crippen LogP contribution in [-0.2, 0) is 0 Å². The van der Waals surface area contributed by atoms with Crippen LogP contribution in [0.15, 0.2) is 17.4 Å². The molecule has 0 aliphatic rings. The monoisotopic (exact) mass is 315 g/mol. The van der Waals surface area contributed by atoms with E-state index >= 15 is 0 Å². The van der Waals surface area contributed by atoms with Gasteiger partial charge in [-0.25, -0.2) is 15.0 Å². The molecular formula is C9H10IN5. The second-order valence-electron chi connectivity index (χ2n) is 3.28. The van der Waals surface area contributed by atoms with Crippen LogP contribution in [0.5, 0.6) is 0 Å². The second-order valence-corrected chi connectivity index (χ2v) is 4.44. The predicted octanol–water partition coefficient (Wildman–Crippen LogP) is 1.78. The van der Waals surface area contributed by atoms with Gasteiger partial charge in [-0.1, -0.05) is 0 Å². The molecule has 0 aliphatic heterocycles. The minimum atomic E-state index is 0.480. The van der Waals surface area contributed by atoms with E-state index < -0.39 is 0 Å². The Morgan fingerprint density at radius 2 is 2.33 bits per heavy atom. The van der Waals surface area contributed by atoms with E-state index in [2.05, 4.69) is 42.5 Å². The van der Waals surface area contributed by atoms with Gasteiger partial charge in [0.25, 0.3) is 5.95 Å². The zero-order valence-corrected chi connectivity index (χ0v) is 10.6. The minimum Gasteiger partial charge on any atom is -0.369 e. The maximum Gasteiger partial charge on any atom is 0.251 e. The van der Waals surface area contributed by atoms with E-state index in [1.54, 1.807) is 12.5 Å². The molecule has 78 valence electrons. The minimum absolute atomic E-state index is 0.480. The summed E-state index contributed by atoms with van der Waals surface area (Å²) in [6.45, 7) is 0. The summed E-state index contributed by atoms with van der Waals surface area (Å²) in [5, 5.41) is 0. The number of aromatic nitrogens is 3. The molecule has 0 atom stereocenters. The van der Waals surface area contributed by atoms with E-state index in [0.717, 1.165) is 14.6 Å². The van der Waals surface area contributed by atoms with E-state index in [-0.39, 0.29) is 0 Å². The number of hydrogen-bond donors (Lipinski definition) is 1. The Morgan fingerprint density at radius 3 is 3.07 bits per heavy atom. The molecule has 15 heavy (non-hydrogen) atoms. The molecule has 0 saturated carbocycles. The summed E-state index contributed by atoms with van der Waals surface area (Å²) in [7, 11) is 3.81. The lowest BCUT2D eigenvalue weighted by molar-refractivity contribution is 0.642. The number of aliphatic imine (C=N–C) groups is 1. The largest absolute Gasteiger partial charge is 0.369 e. The van der Waals surface area contributed by atoms with Crippen LogP contribution in [0.4, 0.5) is 5.95 Å². The van der Waals surface area contributed by atoms with Gasteiger partial charge in [0.2, 0.25) is 0 Å². The molecule has 0 fully saturated rings. The number of nitrogens with zero attached hydrogens (tertiary/aromatic N) is 4. The molecule has 0 aromatic carbocycles. The van der Waals surface area contributed by atoms with Crippen LogP contribution in [0, 0.1) is 3.57 Å². The van der Waals surface area contributed by atoms with Gasteiger partial charge in [0, 0.05) is 20.3 Å². The fourth-order valence-electron chi connectivity index (χ4n) is 1.10. The Morgan fingerprint density at radius 1 is 1.53 bits per heavy atom. The highest BCUT2D eigenvalue weighted by molar-refractivity contribution is 14.1. The SMILES string of the molecule is CN(C)/C=N\c1ncc2[nH]cc(I)c2n1. The highest BCUT2D eigenvalue weighted by Crippen LogP contribution is 2.18. The van der Waals surface area contributed by atoms with Gasteiger partial charge >= 0.3 is 0 Å². The Labute approximate surface area is 101 Å². The maximum absolute atomic E-state index is 4.33. The molecule has 2 aromatic heterocycles. The van der Waals surface area contributed by atoms with Crippen molar-refractivity contribution in [2.24, 2.45) is 4.99 Å². The first-order valence-electron chi connectivity index (χ1n) is 4.37. The van der Waals surface area contributed by atoms with Gasteiger partial charge in [0.1, 0.15) is 5.52 Å². The molecule has 0 radical (unpaired) electrons. The fraction of sp³-hybridized carbons (Fsp3) is 0.222. The Kier molecular flexibility index (Phi) is 2.85. The molecule has 0 aliphatic carbocycles. The van der Waals surface area contributed by atoms with Crippen molar-refractivity contribution in [2.75, 3.05) is 14.1 Å². The number of fused-ring (bicyclic) bond motifs is 1. The maximum atomic E-state index is 4.33. The van der Waals surface area contributed by atoms with Crippen molar-refractivity contribution >= 4 is 45.9 Å². The molecule has 0 amide bonds. The zero-order valence-electron chi connectivity index (χ0n) is 8.40. The van der Waals surface area contributed by atoms with Crippen LogP contribution >= 0.6 is 22.6 Å². The first-order valence-corrected chi connectivity index (χ1v) is 5.45. The topological polar surface area (TPSA) is 57.2 Å². The molecule has 2 rings (SSSR count). The number of rotatable bonds is 2. The summed E-state index contributed by atoms with van der Waals surface area (Å²) in [5.41, 5.74) is 1.85. The summed E-state index contributed by atoms with van der Waals surface area (Å²) >= 11 is 2.23. The zero-order chi connectivity index (χ0) is 10.8. The van der Waals surface area contributed by atoms with Gasteiger partial charge in [-0.3, -0.25) is 0 Å². The van der Waals surface area contributed by atoms with Crippen molar-refractivity contribution in [2.45, 2.75) is 0 Å². The van der Waals surface area contributed by atoms with Crippen molar-refractivity contribution in [1.82, 2.24) is 19.9 Å². The molecule has 0 saturated heterocycles. The smallest absolute Gasteiger partial charge is 0.251 e. The molecule has 0 spiro atoms. The van der Waals surface area contributed by atoms with Gasteiger partial charge in [0.15, 0.2) is 0 Å². The number of aromatic amines is 1. The van der Waals surface area contributed by atoms with E-state index in [1.165, 1.54) is 0 Å². The molecule has 2 aromatic rings. The van der Waals surface area contributed by atoms with Crippen molar-refractivity contribution in [3.8, 4) is 0 Å². The van der Waals surface area contributed by atoms with Crippen LogP contribution in [0.1, 0.15) is 0 Å². The van der Waals surface area contributed by atoms with Crippen LogP contribution in [0.3, 0.4) is 0 Å². The number of halogens is 1. The first-order chi connectivity index (χ1) is 7.16. The number of hydrogen-bond acceptors (Lipinski definition) is 3. The highest BCUT2D eigenvalue weighted by Gasteiger charge is 2.03. The highest BCUT2D eigenvalue weighted by atomic mass is 127. The number of H-pyrrole nitrogens is 1. The summed E-state index contributed by atoms with van der Waals surface area (Å²) in [5.74, 6) is 0.480. The number of nitrogens with one attached hydrogen (secondary N) is 1. The molecule has 1 N–H and O–H groups in total. The Balaban J connectivity index is 2.41. The van der Waals surface area contributed by atoms with Crippen molar-refractivity contribution in [3.05, 3.63) is 16.0 Å². The van der Waals surface area contributed by atoms with Gasteiger partial charge in [-0.05, 0) is 22.6 Å². The van der Waals surface area contributed by atoms with Crippen molar-refractivity contribution in [3.63, 3.8) is 0 Å². The third-order valence-electron chi connectivity index (χ3n) is 1.76. The van der Waals surface area contributed by atoms with Gasteiger partial charge in [0.05, 0.1) is 21.6 Å². The lowest BCUT2D eigenvalue weighted by Crippen LogP contribution is -2.07. The molecule has 5 nitrogen and oxygen atoms in total. The van der Waals surface area contributed by atoms with Crippen molar-refractivity contribution < 1.29 is 0 Å². The molecule has 6 heteroatoms. The third-order valence-corrected chi connectivity index (χ3v) is 2.58. The van der Waals surface area contributed by atoms with Crippen LogP contribution in [0.2, 0.25) is 0 Å². The fourth-order valence-corrected chi connectivity index (χ4v) is 1.67. The van der Waals surface area contributed by atoms with Gasteiger partial charge in [-0.2, -0.15) is 0 Å². The Bertz CT molecular complexity index is 502. The molecule has 2 heterocycles. The lowest BCUT2D eigenvalue weighted by atomic mass is 10.5. The molecule has 0 bridgehead atoms. The quantitative estimate of drug-likeness (QED) is 0.522. The molecule has 0 unspecified atom stereocenters. The van der Waals surface area contributed by atoms with Crippen molar-refractivity contribution in [1.29, 1.82) is 0 Å².